The number of amides is 2. The Hall–Kier alpha value is -2.90. The second-order valence-corrected chi connectivity index (χ2v) is 6.09. The van der Waals surface area contributed by atoms with E-state index in [0.717, 1.165) is 30.3 Å². The largest absolute Gasteiger partial charge is 0.344 e. The molecule has 0 aliphatic carbocycles. The maximum Gasteiger partial charge on any atom is 0.237 e. The Bertz CT molecular complexity index is 847. The van der Waals surface area contributed by atoms with Gasteiger partial charge in [0.1, 0.15) is 34.9 Å². The first-order valence-electron chi connectivity index (χ1n) is 7.73. The summed E-state index contributed by atoms with van der Waals surface area (Å²) in [6.45, 7) is 0.0412. The van der Waals surface area contributed by atoms with Gasteiger partial charge in [0, 0.05) is 25.6 Å². The maximum atomic E-state index is 13.7. The molecule has 2 aromatic rings. The lowest BCUT2D eigenvalue weighted by Crippen LogP contribution is -2.33. The van der Waals surface area contributed by atoms with Crippen molar-refractivity contribution in [3.05, 3.63) is 65.2 Å². The average Bonchev–Trinajstić information content (AvgIpc) is 2.86. The molecule has 2 aromatic carbocycles. The number of carbonyl (C=O) groups excluding carboxylic acids is 2. The third kappa shape index (κ3) is 3.26. The predicted molar refractivity (Wildman–Crippen MR) is 85.2 cm³/mol. The summed E-state index contributed by atoms with van der Waals surface area (Å²) in [5, 5.41) is 2.08. The first-order valence-corrected chi connectivity index (χ1v) is 7.73. The fraction of sp³-hybridized carbons (Fsp3) is 0.222. The van der Waals surface area contributed by atoms with Crippen molar-refractivity contribution in [1.29, 1.82) is 0 Å². The van der Waals surface area contributed by atoms with E-state index in [1.165, 1.54) is 11.9 Å². The van der Waals surface area contributed by atoms with Crippen molar-refractivity contribution in [1.82, 2.24) is 4.90 Å². The molecule has 4 nitrogen and oxygen atoms in total. The average molecular weight is 366 g/mol. The van der Waals surface area contributed by atoms with Crippen LogP contribution in [0.1, 0.15) is 11.5 Å². The number of rotatable bonds is 3. The number of hydrogen-bond acceptors (Lipinski definition) is 2. The van der Waals surface area contributed by atoms with Crippen LogP contribution in [0.2, 0.25) is 0 Å². The van der Waals surface area contributed by atoms with Crippen LogP contribution >= 0.6 is 0 Å². The highest BCUT2D eigenvalue weighted by Gasteiger charge is 2.44. The lowest BCUT2D eigenvalue weighted by Gasteiger charge is -2.17. The fourth-order valence-electron chi connectivity index (χ4n) is 3.10. The van der Waals surface area contributed by atoms with E-state index in [1.54, 1.807) is 0 Å². The molecule has 0 aromatic heterocycles. The van der Waals surface area contributed by atoms with E-state index in [1.807, 2.05) is 0 Å². The molecule has 136 valence electrons. The molecule has 3 rings (SSSR count). The van der Waals surface area contributed by atoms with Gasteiger partial charge in [0.05, 0.1) is 0 Å². The number of para-hydroxylation sites is 1. The summed E-state index contributed by atoms with van der Waals surface area (Å²) in [7, 11) is 1.43. The molecule has 0 unspecified atom stereocenters. The van der Waals surface area contributed by atoms with Crippen molar-refractivity contribution >= 4 is 17.5 Å². The van der Waals surface area contributed by atoms with Gasteiger partial charge in [0.2, 0.25) is 11.8 Å². The van der Waals surface area contributed by atoms with E-state index in [4.69, 9.17) is 0 Å². The zero-order chi connectivity index (χ0) is 19.0. The van der Waals surface area contributed by atoms with Crippen LogP contribution in [-0.4, -0.2) is 30.3 Å². The summed E-state index contributed by atoms with van der Waals surface area (Å²) in [6, 6.07) is 5.79. The topological polar surface area (TPSA) is 49.4 Å². The number of carbonyl (C=O) groups is 2. The van der Waals surface area contributed by atoms with Gasteiger partial charge in [-0.1, -0.05) is 6.07 Å². The number of likely N-dealkylation sites (N-methyl/N-ethyl adjacent to an activating group) is 1. The van der Waals surface area contributed by atoms with E-state index in [9.17, 15) is 27.2 Å². The van der Waals surface area contributed by atoms with Crippen LogP contribution < -0.4 is 5.32 Å². The standard InChI is InChI=1S/C18H14F4N2O2/c1-24-8-12(9-5-10(19)7-11(20)6-9)15(18(24)26)17(25)23-16-13(21)3-2-4-14(16)22/h2-7,12,15H,8H2,1H3,(H,23,25)/t12-,15+/m1/s1. The number of nitrogens with zero attached hydrogens (tertiary/aromatic N) is 1. The molecule has 0 bridgehead atoms. The number of hydrogen-bond donors (Lipinski definition) is 1. The summed E-state index contributed by atoms with van der Waals surface area (Å²) in [6.07, 6.45) is 0. The number of halogens is 4. The molecular formula is C18H14F4N2O2. The van der Waals surface area contributed by atoms with Crippen LogP contribution in [0.15, 0.2) is 36.4 Å². The minimum atomic E-state index is -1.36. The number of benzene rings is 2. The Morgan fingerprint density at radius 2 is 1.65 bits per heavy atom. The molecule has 1 N–H and O–H groups in total. The molecule has 0 saturated carbocycles. The van der Waals surface area contributed by atoms with Crippen molar-refractivity contribution in [3.63, 3.8) is 0 Å². The van der Waals surface area contributed by atoms with Crippen LogP contribution in [0.5, 0.6) is 0 Å². The Labute approximate surface area is 146 Å². The summed E-state index contributed by atoms with van der Waals surface area (Å²) < 4.78 is 54.5. The van der Waals surface area contributed by atoms with Gasteiger partial charge in [0.25, 0.3) is 0 Å². The zero-order valence-electron chi connectivity index (χ0n) is 13.6. The molecule has 1 saturated heterocycles. The van der Waals surface area contributed by atoms with Gasteiger partial charge in [-0.25, -0.2) is 17.6 Å². The van der Waals surface area contributed by atoms with Gasteiger partial charge in [-0.05, 0) is 29.8 Å². The lowest BCUT2D eigenvalue weighted by atomic mass is 9.87. The molecular weight excluding hydrogens is 352 g/mol. The second-order valence-electron chi connectivity index (χ2n) is 6.09. The summed E-state index contributed by atoms with van der Waals surface area (Å²) in [5.41, 5.74) is -0.557. The molecule has 2 amide bonds. The predicted octanol–water partition coefficient (Wildman–Crippen LogP) is 3.05. The molecule has 2 atom stereocenters. The highest BCUT2D eigenvalue weighted by molar-refractivity contribution is 6.08. The molecule has 0 radical (unpaired) electrons. The zero-order valence-corrected chi connectivity index (χ0v) is 13.6. The summed E-state index contributed by atoms with van der Waals surface area (Å²) >= 11 is 0. The molecule has 8 heteroatoms. The number of likely N-dealkylation sites (tertiary alicyclic amines) is 1. The van der Waals surface area contributed by atoms with E-state index in [0.29, 0.717) is 6.07 Å². The SMILES string of the molecule is CN1C[C@H](c2cc(F)cc(F)c2)[C@@H](C(=O)Nc2c(F)cccc2F)C1=O. The van der Waals surface area contributed by atoms with Gasteiger partial charge in [-0.2, -0.15) is 0 Å². The highest BCUT2D eigenvalue weighted by Crippen LogP contribution is 2.35. The number of anilines is 1. The highest BCUT2D eigenvalue weighted by atomic mass is 19.1. The van der Waals surface area contributed by atoms with Crippen molar-refractivity contribution in [2.45, 2.75) is 5.92 Å². The minimum Gasteiger partial charge on any atom is -0.344 e. The van der Waals surface area contributed by atoms with Crippen molar-refractivity contribution < 1.29 is 27.2 Å². The van der Waals surface area contributed by atoms with Crippen molar-refractivity contribution in [3.8, 4) is 0 Å². The van der Waals surface area contributed by atoms with Crippen LogP contribution in [-0.2, 0) is 9.59 Å². The smallest absolute Gasteiger partial charge is 0.237 e. The third-order valence-corrected chi connectivity index (χ3v) is 4.32. The normalized spacial score (nSPS) is 19.7. The first kappa shape index (κ1) is 17.9. The van der Waals surface area contributed by atoms with Gasteiger partial charge in [-0.3, -0.25) is 9.59 Å². The van der Waals surface area contributed by atoms with Crippen molar-refractivity contribution in [2.75, 3.05) is 18.9 Å². The van der Waals surface area contributed by atoms with E-state index < -0.39 is 52.6 Å². The summed E-state index contributed by atoms with van der Waals surface area (Å²) in [5.74, 6) is -7.45. The Balaban J connectivity index is 1.94. The summed E-state index contributed by atoms with van der Waals surface area (Å²) in [4.78, 5) is 26.1. The molecule has 26 heavy (non-hydrogen) atoms. The quantitative estimate of drug-likeness (QED) is 0.671. The van der Waals surface area contributed by atoms with E-state index in [2.05, 4.69) is 5.32 Å². The Morgan fingerprint density at radius 3 is 2.23 bits per heavy atom. The Morgan fingerprint density at radius 1 is 1.08 bits per heavy atom. The van der Waals surface area contributed by atoms with Crippen LogP contribution in [0.3, 0.4) is 0 Å². The molecule has 0 spiro atoms. The molecule has 1 aliphatic rings. The van der Waals surface area contributed by atoms with Gasteiger partial charge >= 0.3 is 0 Å². The number of nitrogens with one attached hydrogen (secondary N) is 1. The molecule has 1 heterocycles. The second kappa shape index (κ2) is 6.78. The van der Waals surface area contributed by atoms with Crippen molar-refractivity contribution in [2.24, 2.45) is 5.92 Å². The molecule has 1 fully saturated rings. The third-order valence-electron chi connectivity index (χ3n) is 4.32. The fourth-order valence-corrected chi connectivity index (χ4v) is 3.10. The minimum absolute atomic E-state index is 0.0412. The monoisotopic (exact) mass is 366 g/mol. The van der Waals surface area contributed by atoms with Gasteiger partial charge in [0.15, 0.2) is 0 Å². The Kier molecular flexibility index (Phi) is 4.67. The lowest BCUT2D eigenvalue weighted by molar-refractivity contribution is -0.135. The van der Waals surface area contributed by atoms with Gasteiger partial charge < -0.3 is 10.2 Å². The first-order chi connectivity index (χ1) is 12.3. The van der Waals surface area contributed by atoms with E-state index in [-0.39, 0.29) is 12.1 Å². The van der Waals surface area contributed by atoms with E-state index >= 15 is 0 Å². The van der Waals surface area contributed by atoms with Crippen LogP contribution in [0, 0.1) is 29.2 Å². The van der Waals surface area contributed by atoms with Crippen LogP contribution in [0.25, 0.3) is 0 Å². The van der Waals surface area contributed by atoms with Gasteiger partial charge in [-0.15, -0.1) is 0 Å². The maximum absolute atomic E-state index is 13.7. The van der Waals surface area contributed by atoms with Crippen LogP contribution in [0.4, 0.5) is 23.2 Å². The molecule has 1 aliphatic heterocycles.